The average molecular weight is 486 g/mol. The Hall–Kier alpha value is -1.38. The van der Waals surface area contributed by atoms with Crippen molar-refractivity contribution in [3.63, 3.8) is 0 Å². The minimum absolute atomic E-state index is 0.0669. The Bertz CT molecular complexity index is 786. The van der Waals surface area contributed by atoms with Crippen LogP contribution in [-0.2, 0) is 29.1 Å². The predicted octanol–water partition coefficient (Wildman–Crippen LogP) is 4.44. The van der Waals surface area contributed by atoms with E-state index < -0.39 is 6.23 Å². The van der Waals surface area contributed by atoms with E-state index in [0.717, 1.165) is 43.4 Å². The number of nitrogens with one attached hydrogen (secondary N) is 1. The van der Waals surface area contributed by atoms with Crippen LogP contribution in [-0.4, -0.2) is 47.9 Å². The molecule has 2 aromatic carbocycles. The van der Waals surface area contributed by atoms with Crippen LogP contribution in [0, 0.1) is 0 Å². The molecule has 0 heterocycles. The molecular weight excluding hydrogens is 453 g/mol. The quantitative estimate of drug-likeness (QED) is 0.207. The number of hydrogen-bond acceptors (Lipinski definition) is 6. The van der Waals surface area contributed by atoms with Gasteiger partial charge < -0.3 is 24.8 Å². The second-order valence-electron chi connectivity index (χ2n) is 7.57. The topological polar surface area (TPSA) is 91.2 Å². The number of aromatic hydroxyl groups is 1. The van der Waals surface area contributed by atoms with Crippen molar-refractivity contribution in [3.8, 4) is 5.75 Å². The Balaban J connectivity index is 1.42. The summed E-state index contributed by atoms with van der Waals surface area (Å²) in [5, 5.41) is 33.2. The van der Waals surface area contributed by atoms with Crippen LogP contribution in [0.2, 0.25) is 10.0 Å². The molecule has 178 valence electrons. The molecule has 6 nitrogen and oxygen atoms in total. The fourth-order valence-electron chi connectivity index (χ4n) is 3.20. The van der Waals surface area contributed by atoms with Crippen molar-refractivity contribution in [2.75, 3.05) is 26.4 Å². The number of halogens is 2. The van der Waals surface area contributed by atoms with E-state index >= 15 is 0 Å². The van der Waals surface area contributed by atoms with Crippen molar-refractivity contribution >= 4 is 23.2 Å². The zero-order chi connectivity index (χ0) is 23.2. The maximum atomic E-state index is 10.1. The second kappa shape index (κ2) is 15.5. The number of ether oxygens (including phenoxy) is 2. The number of unbranched alkanes of at least 4 members (excludes halogenated alkanes) is 3. The number of phenols is 1. The number of benzene rings is 2. The molecule has 0 saturated heterocycles. The van der Waals surface area contributed by atoms with Gasteiger partial charge in [0.2, 0.25) is 0 Å². The lowest BCUT2D eigenvalue weighted by atomic mass is 10.1. The zero-order valence-electron chi connectivity index (χ0n) is 18.2. The van der Waals surface area contributed by atoms with Gasteiger partial charge >= 0.3 is 0 Å². The summed E-state index contributed by atoms with van der Waals surface area (Å²) in [6.07, 6.45) is 3.83. The first-order valence-corrected chi connectivity index (χ1v) is 11.7. The highest BCUT2D eigenvalue weighted by atomic mass is 35.5. The molecule has 8 heteroatoms. The lowest BCUT2D eigenvalue weighted by Gasteiger charge is -2.14. The van der Waals surface area contributed by atoms with E-state index in [1.54, 1.807) is 24.3 Å². The van der Waals surface area contributed by atoms with Gasteiger partial charge in [0.1, 0.15) is 12.0 Å². The maximum absolute atomic E-state index is 10.1. The molecule has 0 radical (unpaired) electrons. The first-order valence-electron chi connectivity index (χ1n) is 10.9. The Morgan fingerprint density at radius 2 is 1.62 bits per heavy atom. The SMILES string of the molecule is OCc1cc(C[C@H](O)NCCCCCCOCCOCc2c(Cl)cccc2Cl)ccc1O. The van der Waals surface area contributed by atoms with Crippen molar-refractivity contribution < 1.29 is 24.8 Å². The molecule has 0 aliphatic rings. The van der Waals surface area contributed by atoms with E-state index in [1.807, 2.05) is 6.07 Å². The van der Waals surface area contributed by atoms with Gasteiger partial charge in [-0.2, -0.15) is 0 Å². The van der Waals surface area contributed by atoms with Crippen molar-refractivity contribution in [1.29, 1.82) is 0 Å². The molecule has 0 aliphatic carbocycles. The van der Waals surface area contributed by atoms with Crippen molar-refractivity contribution in [2.24, 2.45) is 0 Å². The van der Waals surface area contributed by atoms with Crippen LogP contribution < -0.4 is 5.32 Å². The Morgan fingerprint density at radius 1 is 0.906 bits per heavy atom. The molecule has 32 heavy (non-hydrogen) atoms. The van der Waals surface area contributed by atoms with Gasteiger partial charge in [0, 0.05) is 34.2 Å². The van der Waals surface area contributed by atoms with Crippen LogP contribution in [0.4, 0.5) is 0 Å². The molecule has 0 aliphatic heterocycles. The third-order valence-electron chi connectivity index (χ3n) is 5.02. The lowest BCUT2D eigenvalue weighted by molar-refractivity contribution is 0.0393. The van der Waals surface area contributed by atoms with E-state index in [9.17, 15) is 15.3 Å². The predicted molar refractivity (Wildman–Crippen MR) is 127 cm³/mol. The standard InChI is InChI=1S/C24H33Cl2NO5/c25-21-6-5-7-22(26)20(21)17-32-13-12-31-11-4-2-1-3-10-27-24(30)15-18-8-9-23(29)19(14-18)16-28/h5-9,14,24,27-30H,1-4,10-13,15-17H2/t24-/m0/s1. The van der Waals surface area contributed by atoms with Gasteiger partial charge in [0.25, 0.3) is 0 Å². The van der Waals surface area contributed by atoms with E-state index in [4.69, 9.17) is 32.7 Å². The van der Waals surface area contributed by atoms with Crippen molar-refractivity contribution in [3.05, 3.63) is 63.1 Å². The van der Waals surface area contributed by atoms with Gasteiger partial charge in [-0.1, -0.05) is 48.2 Å². The molecule has 1 atom stereocenters. The molecule has 0 amide bonds. The monoisotopic (exact) mass is 485 g/mol. The molecule has 4 N–H and O–H groups in total. The minimum Gasteiger partial charge on any atom is -0.508 e. The van der Waals surface area contributed by atoms with Gasteiger partial charge in [-0.05, 0) is 49.2 Å². The third kappa shape index (κ3) is 10.0. The van der Waals surface area contributed by atoms with Crippen LogP contribution >= 0.6 is 23.2 Å². The van der Waals surface area contributed by atoms with Gasteiger partial charge in [-0.15, -0.1) is 0 Å². The maximum Gasteiger partial charge on any atom is 0.121 e. The van der Waals surface area contributed by atoms with E-state index in [-0.39, 0.29) is 12.4 Å². The first-order chi connectivity index (χ1) is 15.5. The molecule has 0 unspecified atom stereocenters. The summed E-state index contributed by atoms with van der Waals surface area (Å²) >= 11 is 12.2. The molecule has 0 fully saturated rings. The van der Waals surface area contributed by atoms with Gasteiger partial charge in [-0.25, -0.2) is 0 Å². The highest BCUT2D eigenvalue weighted by molar-refractivity contribution is 6.35. The van der Waals surface area contributed by atoms with Crippen molar-refractivity contribution in [2.45, 2.75) is 51.5 Å². The summed E-state index contributed by atoms with van der Waals surface area (Å²) in [6.45, 7) is 2.59. The smallest absolute Gasteiger partial charge is 0.121 e. The number of hydrogen-bond donors (Lipinski definition) is 4. The summed E-state index contributed by atoms with van der Waals surface area (Å²) in [5.41, 5.74) is 2.13. The van der Waals surface area contributed by atoms with Crippen LogP contribution in [0.25, 0.3) is 0 Å². The summed E-state index contributed by atoms with van der Waals surface area (Å²) < 4.78 is 11.2. The molecule has 0 bridgehead atoms. The molecule has 2 rings (SSSR count). The van der Waals surface area contributed by atoms with Crippen LogP contribution in [0.15, 0.2) is 36.4 Å². The van der Waals surface area contributed by atoms with E-state index in [1.165, 1.54) is 6.07 Å². The van der Waals surface area contributed by atoms with E-state index in [0.29, 0.717) is 48.5 Å². The molecule has 0 spiro atoms. The normalized spacial score (nSPS) is 12.2. The summed E-state index contributed by atoms with van der Waals surface area (Å²) in [4.78, 5) is 0. The fraction of sp³-hybridized carbons (Fsp3) is 0.500. The van der Waals surface area contributed by atoms with Crippen LogP contribution in [0.5, 0.6) is 5.75 Å². The molecule has 0 saturated carbocycles. The zero-order valence-corrected chi connectivity index (χ0v) is 19.7. The van der Waals surface area contributed by atoms with Gasteiger partial charge in [0.05, 0.1) is 26.4 Å². The van der Waals surface area contributed by atoms with Gasteiger partial charge in [0.15, 0.2) is 0 Å². The minimum atomic E-state index is -0.657. The molecule has 2 aromatic rings. The molecule has 0 aromatic heterocycles. The second-order valence-corrected chi connectivity index (χ2v) is 8.39. The van der Waals surface area contributed by atoms with Crippen molar-refractivity contribution in [1.82, 2.24) is 5.32 Å². The first kappa shape index (κ1) is 26.9. The molecular formula is C24H33Cl2NO5. The highest BCUT2D eigenvalue weighted by Crippen LogP contribution is 2.24. The Labute approximate surface area is 200 Å². The summed E-state index contributed by atoms with van der Waals surface area (Å²) in [7, 11) is 0. The average Bonchev–Trinajstić information content (AvgIpc) is 2.77. The largest absolute Gasteiger partial charge is 0.508 e. The number of aliphatic hydroxyl groups excluding tert-OH is 2. The summed E-state index contributed by atoms with van der Waals surface area (Å²) in [5.74, 6) is 0.0669. The Morgan fingerprint density at radius 3 is 2.38 bits per heavy atom. The highest BCUT2D eigenvalue weighted by Gasteiger charge is 2.08. The van der Waals surface area contributed by atoms with E-state index in [2.05, 4.69) is 5.32 Å². The Kier molecular flexibility index (Phi) is 13.0. The third-order valence-corrected chi connectivity index (χ3v) is 5.73. The van der Waals surface area contributed by atoms with Gasteiger partial charge in [-0.3, -0.25) is 5.32 Å². The number of aliphatic hydroxyl groups is 2. The number of rotatable bonds is 16. The summed E-state index contributed by atoms with van der Waals surface area (Å²) in [6, 6.07) is 10.4. The fourth-order valence-corrected chi connectivity index (χ4v) is 3.71. The van der Waals surface area contributed by atoms with Crippen LogP contribution in [0.1, 0.15) is 42.4 Å². The van der Waals surface area contributed by atoms with Crippen LogP contribution in [0.3, 0.4) is 0 Å². The lowest BCUT2D eigenvalue weighted by Crippen LogP contribution is -2.31.